The molecular weight excluding hydrogens is 452 g/mol. The molecule has 4 aromatic rings. The molecule has 0 aliphatic heterocycles. The maximum Gasteiger partial charge on any atom is 0.261 e. The lowest BCUT2D eigenvalue weighted by Crippen LogP contribution is -2.28. The number of nitrogens with one attached hydrogen (secondary N) is 1. The number of pyridine rings is 1. The number of hydrogen-bond donors (Lipinski definition) is 1. The predicted octanol–water partition coefficient (Wildman–Crippen LogP) is 3.73. The quantitative estimate of drug-likeness (QED) is 0.384. The van der Waals surface area contributed by atoms with Crippen molar-refractivity contribution < 1.29 is 4.74 Å². The van der Waals surface area contributed by atoms with E-state index in [0.29, 0.717) is 39.5 Å². The van der Waals surface area contributed by atoms with Crippen LogP contribution in [-0.4, -0.2) is 60.8 Å². The Bertz CT molecular complexity index is 1490. The summed E-state index contributed by atoms with van der Waals surface area (Å²) >= 11 is 0. The lowest BCUT2D eigenvalue weighted by molar-refractivity contribution is 0.413. The van der Waals surface area contributed by atoms with Crippen LogP contribution in [0.2, 0.25) is 0 Å². The molecule has 0 radical (unpaired) electrons. The Labute approximate surface area is 211 Å². The van der Waals surface area contributed by atoms with Crippen molar-refractivity contribution in [3.8, 4) is 29.2 Å². The summed E-state index contributed by atoms with van der Waals surface area (Å²) in [6, 6.07) is 15.3. The van der Waals surface area contributed by atoms with Crippen LogP contribution in [0.4, 0.5) is 17.3 Å². The van der Waals surface area contributed by atoms with Gasteiger partial charge < -0.3 is 19.9 Å². The summed E-state index contributed by atoms with van der Waals surface area (Å²) in [7, 11) is 9.46. The first-order valence-corrected chi connectivity index (χ1v) is 11.6. The molecule has 4 rings (SSSR count). The normalized spacial score (nSPS) is 10.9. The van der Waals surface area contributed by atoms with Gasteiger partial charge >= 0.3 is 0 Å². The van der Waals surface area contributed by atoms with Gasteiger partial charge in [0.05, 0.1) is 29.3 Å². The summed E-state index contributed by atoms with van der Waals surface area (Å²) in [6.45, 7) is 1.82. The lowest BCUT2D eigenvalue weighted by Gasteiger charge is -2.23. The highest BCUT2D eigenvalue weighted by Crippen LogP contribution is 2.32. The van der Waals surface area contributed by atoms with E-state index in [0.717, 1.165) is 24.3 Å². The number of ether oxygens (including phenoxy) is 1. The molecule has 0 aliphatic carbocycles. The first kappa shape index (κ1) is 24.8. The predicted molar refractivity (Wildman–Crippen MR) is 146 cm³/mol. The Kier molecular flexibility index (Phi) is 7.23. The van der Waals surface area contributed by atoms with Crippen LogP contribution in [0, 0.1) is 12.3 Å². The first-order valence-electron chi connectivity index (χ1n) is 11.6. The van der Waals surface area contributed by atoms with Gasteiger partial charge in [-0.2, -0.15) is 4.98 Å². The van der Waals surface area contributed by atoms with Gasteiger partial charge in [0, 0.05) is 45.1 Å². The van der Waals surface area contributed by atoms with E-state index in [4.69, 9.17) is 11.2 Å². The number of likely N-dealkylation sites (N-methyl/N-ethyl adjacent to an activating group) is 2. The van der Waals surface area contributed by atoms with Gasteiger partial charge in [-0.15, -0.1) is 6.42 Å². The van der Waals surface area contributed by atoms with E-state index < -0.39 is 0 Å². The number of benzene rings is 2. The molecule has 0 amide bonds. The van der Waals surface area contributed by atoms with Crippen molar-refractivity contribution in [2.45, 2.75) is 0 Å². The average Bonchev–Trinajstić information content (AvgIpc) is 2.89. The molecular formula is C28H30N6O2. The molecule has 0 unspecified atom stereocenters. The molecule has 0 fully saturated rings. The van der Waals surface area contributed by atoms with Crippen LogP contribution in [0.15, 0.2) is 59.5 Å². The van der Waals surface area contributed by atoms with Crippen LogP contribution < -0.4 is 20.5 Å². The largest absolute Gasteiger partial charge is 0.494 e. The zero-order valence-corrected chi connectivity index (χ0v) is 21.2. The number of fused-ring (bicyclic) bond motifs is 1. The number of terminal acetylenes is 1. The molecule has 0 saturated heterocycles. The van der Waals surface area contributed by atoms with Gasteiger partial charge in [-0.25, -0.2) is 4.98 Å². The molecule has 0 bridgehead atoms. The second-order valence-corrected chi connectivity index (χ2v) is 8.79. The summed E-state index contributed by atoms with van der Waals surface area (Å²) < 4.78 is 7.13. The van der Waals surface area contributed by atoms with Gasteiger partial charge in [0.1, 0.15) is 11.4 Å². The third kappa shape index (κ3) is 4.88. The van der Waals surface area contributed by atoms with Gasteiger partial charge in [0.2, 0.25) is 5.95 Å². The Morgan fingerprint density at radius 3 is 2.53 bits per heavy atom. The fourth-order valence-electron chi connectivity index (χ4n) is 4.01. The van der Waals surface area contributed by atoms with Crippen molar-refractivity contribution in [1.82, 2.24) is 19.4 Å². The molecule has 2 heterocycles. The minimum absolute atomic E-state index is 0.214. The van der Waals surface area contributed by atoms with Gasteiger partial charge in [-0.1, -0.05) is 36.3 Å². The third-order valence-electron chi connectivity index (χ3n) is 6.09. The Morgan fingerprint density at radius 1 is 1.11 bits per heavy atom. The summed E-state index contributed by atoms with van der Waals surface area (Å²) in [5.41, 5.74) is 3.69. The van der Waals surface area contributed by atoms with Gasteiger partial charge in [0.15, 0.2) is 0 Å². The molecule has 2 aromatic carbocycles. The zero-order valence-electron chi connectivity index (χ0n) is 21.2. The Balaban J connectivity index is 1.71. The maximum absolute atomic E-state index is 13.3. The van der Waals surface area contributed by atoms with Crippen LogP contribution in [0.1, 0.15) is 5.56 Å². The van der Waals surface area contributed by atoms with Crippen molar-refractivity contribution in [2.24, 2.45) is 7.05 Å². The highest BCUT2D eigenvalue weighted by Gasteiger charge is 2.18. The molecule has 0 aliphatic rings. The highest BCUT2D eigenvalue weighted by atomic mass is 16.5. The van der Waals surface area contributed by atoms with Crippen molar-refractivity contribution in [3.05, 3.63) is 70.6 Å². The van der Waals surface area contributed by atoms with E-state index in [1.165, 1.54) is 4.57 Å². The van der Waals surface area contributed by atoms with Crippen LogP contribution in [-0.2, 0) is 7.05 Å². The molecule has 8 nitrogen and oxygen atoms in total. The van der Waals surface area contributed by atoms with Crippen molar-refractivity contribution in [3.63, 3.8) is 0 Å². The first-order chi connectivity index (χ1) is 17.3. The molecule has 184 valence electrons. The van der Waals surface area contributed by atoms with E-state index in [9.17, 15) is 4.79 Å². The van der Waals surface area contributed by atoms with Crippen molar-refractivity contribution in [2.75, 3.05) is 51.6 Å². The Morgan fingerprint density at radius 2 is 1.86 bits per heavy atom. The number of anilines is 3. The minimum atomic E-state index is -0.214. The highest BCUT2D eigenvalue weighted by molar-refractivity contribution is 5.90. The van der Waals surface area contributed by atoms with Gasteiger partial charge in [0.25, 0.3) is 5.56 Å². The van der Waals surface area contributed by atoms with Gasteiger partial charge in [-0.3, -0.25) is 9.36 Å². The fraction of sp³-hybridized carbons (Fsp3) is 0.250. The average molecular weight is 483 g/mol. The van der Waals surface area contributed by atoms with E-state index in [1.807, 2.05) is 55.6 Å². The standard InChI is InChI=1S/C28H30N6O2/c1-7-21-22-18-29-28(31-26(22)34(5)27(35)25(21)19-11-9-8-10-12-19)30-23-14-13-20(17-24(23)36-6)33(4)16-15-32(2)3/h1,8-14,17-18H,15-16H2,2-6H3,(H,29,30,31). The van der Waals surface area contributed by atoms with Crippen LogP contribution in [0.25, 0.3) is 22.2 Å². The minimum Gasteiger partial charge on any atom is -0.494 e. The van der Waals surface area contributed by atoms with E-state index in [2.05, 4.69) is 45.1 Å². The number of aromatic nitrogens is 3. The smallest absolute Gasteiger partial charge is 0.261 e. The van der Waals surface area contributed by atoms with E-state index in [1.54, 1.807) is 20.4 Å². The molecule has 8 heteroatoms. The van der Waals surface area contributed by atoms with Crippen molar-refractivity contribution in [1.29, 1.82) is 0 Å². The van der Waals surface area contributed by atoms with E-state index >= 15 is 0 Å². The van der Waals surface area contributed by atoms with E-state index in [-0.39, 0.29) is 5.56 Å². The van der Waals surface area contributed by atoms with Gasteiger partial charge in [-0.05, 0) is 31.8 Å². The second-order valence-electron chi connectivity index (χ2n) is 8.79. The lowest BCUT2D eigenvalue weighted by atomic mass is 9.99. The summed E-state index contributed by atoms with van der Waals surface area (Å²) in [5.74, 6) is 3.68. The maximum atomic E-state index is 13.3. The van der Waals surface area contributed by atoms with Crippen LogP contribution >= 0.6 is 0 Å². The summed E-state index contributed by atoms with van der Waals surface area (Å²) in [4.78, 5) is 26.7. The number of nitrogens with zero attached hydrogens (tertiary/aromatic N) is 5. The number of methoxy groups -OCH3 is 1. The molecule has 36 heavy (non-hydrogen) atoms. The fourth-order valence-corrected chi connectivity index (χ4v) is 4.01. The van der Waals surface area contributed by atoms with Crippen molar-refractivity contribution >= 4 is 28.4 Å². The Hall–Kier alpha value is -4.35. The summed E-state index contributed by atoms with van der Waals surface area (Å²) in [6.07, 6.45) is 7.51. The number of aryl methyl sites for hydroxylation is 1. The molecule has 2 aromatic heterocycles. The topological polar surface area (TPSA) is 75.5 Å². The SMILES string of the molecule is C#Cc1c(-c2ccccc2)c(=O)n(C)c2nc(Nc3ccc(N(C)CCN(C)C)cc3OC)ncc12. The molecule has 1 N–H and O–H groups in total. The third-order valence-corrected chi connectivity index (χ3v) is 6.09. The molecule has 0 atom stereocenters. The zero-order chi connectivity index (χ0) is 25.8. The monoisotopic (exact) mass is 482 g/mol. The number of rotatable bonds is 8. The number of hydrogen-bond acceptors (Lipinski definition) is 7. The second kappa shape index (κ2) is 10.5. The van der Waals surface area contributed by atoms with Crippen LogP contribution in [0.5, 0.6) is 5.75 Å². The summed E-state index contributed by atoms with van der Waals surface area (Å²) in [5, 5.41) is 3.85. The molecule has 0 spiro atoms. The molecule has 0 saturated carbocycles. The van der Waals surface area contributed by atoms with Crippen LogP contribution in [0.3, 0.4) is 0 Å².